The van der Waals surface area contributed by atoms with Crippen LogP contribution in [0.4, 0.5) is 0 Å². The number of halogens is 1. The van der Waals surface area contributed by atoms with Gasteiger partial charge in [0.2, 0.25) is 0 Å². The molecule has 0 saturated heterocycles. The lowest BCUT2D eigenvalue weighted by atomic mass is 10.2. The van der Waals surface area contributed by atoms with E-state index in [0.717, 1.165) is 13.0 Å². The Kier molecular flexibility index (Phi) is 5.63. The lowest BCUT2D eigenvalue weighted by Gasteiger charge is -1.93. The minimum Gasteiger partial charge on any atom is -0.330 e. The van der Waals surface area contributed by atoms with Crippen LogP contribution in [-0.2, 0) is 6.42 Å². The van der Waals surface area contributed by atoms with Crippen molar-refractivity contribution in [1.29, 1.82) is 0 Å². The minimum absolute atomic E-state index is 0. The fraction of sp³-hybridized carbons (Fsp3) is 0.250. The maximum atomic E-state index is 5.36. The third-order valence-corrected chi connectivity index (χ3v) is 1.28. The van der Waals surface area contributed by atoms with Gasteiger partial charge in [0.25, 0.3) is 0 Å². The van der Waals surface area contributed by atoms with Gasteiger partial charge in [-0.2, -0.15) is 0 Å². The summed E-state index contributed by atoms with van der Waals surface area (Å²) in [6.45, 7) is 0.740. The summed E-state index contributed by atoms with van der Waals surface area (Å²) in [7, 11) is 0. The van der Waals surface area contributed by atoms with Crippen LogP contribution in [0.3, 0.4) is 0 Å². The normalized spacial score (nSPS) is 8.50. The van der Waals surface area contributed by atoms with E-state index in [0.29, 0.717) is 0 Å². The van der Waals surface area contributed by atoms with E-state index in [1.54, 1.807) is 0 Å². The second kappa shape index (κ2) is 5.68. The molecular weight excluding hydrogens is 237 g/mol. The third kappa shape index (κ3) is 3.17. The molecular formula is C8H11IN+. The highest BCUT2D eigenvalue weighted by Crippen LogP contribution is 1.96. The Morgan fingerprint density at radius 1 is 1.10 bits per heavy atom. The molecule has 1 nitrogen and oxygen atoms in total. The van der Waals surface area contributed by atoms with Gasteiger partial charge in [0.05, 0.1) is 0 Å². The Hall–Kier alpha value is -0.0900. The average molecular weight is 248 g/mol. The van der Waals surface area contributed by atoms with E-state index in [2.05, 4.69) is 12.1 Å². The van der Waals surface area contributed by atoms with Gasteiger partial charge in [-0.1, -0.05) is 30.3 Å². The number of benzene rings is 1. The molecule has 0 atom stereocenters. The van der Waals surface area contributed by atoms with Crippen LogP contribution in [0.2, 0.25) is 0 Å². The molecule has 10 heavy (non-hydrogen) atoms. The third-order valence-electron chi connectivity index (χ3n) is 1.28. The lowest BCUT2D eigenvalue weighted by molar-refractivity contribution is -0.00000196. The van der Waals surface area contributed by atoms with Crippen molar-refractivity contribution >= 4 is 0 Å². The number of nitrogens with two attached hydrogens (primary N) is 1. The molecule has 0 fully saturated rings. The maximum Gasteiger partial charge on any atom is 1.00 e. The molecule has 2 N–H and O–H groups in total. The summed E-state index contributed by atoms with van der Waals surface area (Å²) in [5.41, 5.74) is 6.68. The Balaban J connectivity index is 0.000000810. The summed E-state index contributed by atoms with van der Waals surface area (Å²) >= 11 is 0. The van der Waals surface area contributed by atoms with Gasteiger partial charge in [-0.15, -0.1) is 0 Å². The van der Waals surface area contributed by atoms with Crippen LogP contribution in [0.1, 0.15) is 5.56 Å². The highest BCUT2D eigenvalue weighted by molar-refractivity contribution is 5.14. The largest absolute Gasteiger partial charge is 1.00 e. The Labute approximate surface area is 78.6 Å². The molecule has 0 saturated carbocycles. The van der Waals surface area contributed by atoms with E-state index in [-0.39, 0.29) is 24.0 Å². The van der Waals surface area contributed by atoms with E-state index in [9.17, 15) is 0 Å². The lowest BCUT2D eigenvalue weighted by Crippen LogP contribution is -3.00. The highest BCUT2D eigenvalue weighted by Gasteiger charge is 1.84. The predicted molar refractivity (Wildman–Crippen MR) is 39.2 cm³/mol. The van der Waals surface area contributed by atoms with Crippen molar-refractivity contribution in [2.45, 2.75) is 6.42 Å². The zero-order chi connectivity index (χ0) is 6.53. The SMILES string of the molecule is NCCc1ccccc1.[I+]. The minimum atomic E-state index is 0. The molecule has 0 bridgehead atoms. The average Bonchev–Trinajstić information content (AvgIpc) is 1.91. The molecule has 0 aliphatic heterocycles. The van der Waals surface area contributed by atoms with Gasteiger partial charge in [-0.25, -0.2) is 0 Å². The summed E-state index contributed by atoms with van der Waals surface area (Å²) in [6, 6.07) is 10.3. The molecule has 0 unspecified atom stereocenters. The smallest absolute Gasteiger partial charge is 0.330 e. The number of hydrogen-bond donors (Lipinski definition) is 1. The van der Waals surface area contributed by atoms with Crippen LogP contribution in [0.15, 0.2) is 30.3 Å². The van der Waals surface area contributed by atoms with Gasteiger partial charge in [0.15, 0.2) is 0 Å². The zero-order valence-electron chi connectivity index (χ0n) is 5.76. The predicted octanol–water partition coefficient (Wildman–Crippen LogP) is -1.81. The molecule has 1 rings (SSSR count). The molecule has 0 aliphatic rings. The number of hydrogen-bond acceptors (Lipinski definition) is 1. The van der Waals surface area contributed by atoms with Crippen LogP contribution in [0.25, 0.3) is 0 Å². The van der Waals surface area contributed by atoms with Crippen molar-refractivity contribution < 1.29 is 24.0 Å². The molecule has 2 radical (unpaired) electrons. The zero-order valence-corrected chi connectivity index (χ0v) is 7.91. The van der Waals surface area contributed by atoms with Gasteiger partial charge in [-0.3, -0.25) is 0 Å². The van der Waals surface area contributed by atoms with E-state index >= 15 is 0 Å². The van der Waals surface area contributed by atoms with Crippen molar-refractivity contribution in [3.8, 4) is 0 Å². The molecule has 0 spiro atoms. The summed E-state index contributed by atoms with van der Waals surface area (Å²) in [6.07, 6.45) is 0.987. The van der Waals surface area contributed by atoms with Crippen molar-refractivity contribution in [2.24, 2.45) is 5.73 Å². The first kappa shape index (κ1) is 9.91. The second-order valence-electron chi connectivity index (χ2n) is 2.02. The number of rotatable bonds is 2. The van der Waals surface area contributed by atoms with Crippen molar-refractivity contribution in [2.75, 3.05) is 6.54 Å². The summed E-state index contributed by atoms with van der Waals surface area (Å²) in [5.74, 6) is 0. The first-order chi connectivity index (χ1) is 4.43. The van der Waals surface area contributed by atoms with Crippen molar-refractivity contribution in [1.82, 2.24) is 0 Å². The molecule has 0 amide bonds. The Morgan fingerprint density at radius 3 is 2.20 bits per heavy atom. The molecule has 1 aromatic carbocycles. The topological polar surface area (TPSA) is 26.0 Å². The van der Waals surface area contributed by atoms with E-state index < -0.39 is 0 Å². The molecule has 1 aromatic rings. The summed E-state index contributed by atoms with van der Waals surface area (Å²) in [5, 5.41) is 0. The second-order valence-corrected chi connectivity index (χ2v) is 2.02. The van der Waals surface area contributed by atoms with Crippen LogP contribution < -0.4 is 29.7 Å². The van der Waals surface area contributed by atoms with Crippen molar-refractivity contribution in [3.05, 3.63) is 35.9 Å². The van der Waals surface area contributed by atoms with Gasteiger partial charge in [0, 0.05) is 0 Å². The van der Waals surface area contributed by atoms with Crippen molar-refractivity contribution in [3.63, 3.8) is 0 Å². The van der Waals surface area contributed by atoms with E-state index in [1.165, 1.54) is 5.56 Å². The standard InChI is InChI=1S/C8H11N.I/c9-7-6-8-4-2-1-3-5-8;/h1-5H,6-7,9H2;/q;+1. The van der Waals surface area contributed by atoms with Crippen LogP contribution >= 0.6 is 0 Å². The Bertz CT molecular complexity index is 162. The van der Waals surface area contributed by atoms with Gasteiger partial charge in [-0.05, 0) is 18.5 Å². The molecule has 54 valence electrons. The van der Waals surface area contributed by atoms with Crippen LogP contribution in [-0.4, -0.2) is 6.54 Å². The van der Waals surface area contributed by atoms with Gasteiger partial charge >= 0.3 is 24.0 Å². The first-order valence-corrected chi connectivity index (χ1v) is 3.17. The molecule has 0 heterocycles. The van der Waals surface area contributed by atoms with Crippen LogP contribution in [0, 0.1) is 0 Å². The first-order valence-electron chi connectivity index (χ1n) is 3.17. The summed E-state index contributed by atoms with van der Waals surface area (Å²) in [4.78, 5) is 0. The Morgan fingerprint density at radius 2 is 1.70 bits per heavy atom. The summed E-state index contributed by atoms with van der Waals surface area (Å²) < 4.78 is 0. The molecule has 0 aliphatic carbocycles. The maximum absolute atomic E-state index is 5.36. The molecule has 2 heteroatoms. The van der Waals surface area contributed by atoms with E-state index in [1.807, 2.05) is 18.2 Å². The van der Waals surface area contributed by atoms with Crippen LogP contribution in [0.5, 0.6) is 0 Å². The van der Waals surface area contributed by atoms with Gasteiger partial charge in [0.1, 0.15) is 0 Å². The van der Waals surface area contributed by atoms with E-state index in [4.69, 9.17) is 5.73 Å². The van der Waals surface area contributed by atoms with Gasteiger partial charge < -0.3 is 5.73 Å². The molecule has 0 aromatic heterocycles. The fourth-order valence-electron chi connectivity index (χ4n) is 0.811. The quantitative estimate of drug-likeness (QED) is 0.613. The highest BCUT2D eigenvalue weighted by atomic mass is 127. The monoisotopic (exact) mass is 248 g/mol. The fourth-order valence-corrected chi connectivity index (χ4v) is 0.811.